The zero-order chi connectivity index (χ0) is 21.3. The molecule has 150 valence electrons. The second-order valence-electron chi connectivity index (χ2n) is 8.32. The molecule has 5 rings (SSSR count). The van der Waals surface area contributed by atoms with Gasteiger partial charge in [0.2, 0.25) is 0 Å². The Balaban J connectivity index is 1.99. The molecule has 0 aromatic heterocycles. The number of fused-ring (bicyclic) bond motifs is 1. The summed E-state index contributed by atoms with van der Waals surface area (Å²) in [4.78, 5) is 0. The second kappa shape index (κ2) is 7.89. The highest BCUT2D eigenvalue weighted by Crippen LogP contribution is 2.47. The van der Waals surface area contributed by atoms with Crippen molar-refractivity contribution in [3.05, 3.63) is 155 Å². The Kier molecular flexibility index (Phi) is 4.92. The standard InChI is InChI=1S/C31H26/c1-23-17-20-27(21-18-23)31(25-11-5-3-6-12-25,26-13-7-4-8-14-26)30-22-19-24(2)28-15-9-10-16-29(28)30/h3-22H,1-2H3. The van der Waals surface area contributed by atoms with E-state index < -0.39 is 5.41 Å². The lowest BCUT2D eigenvalue weighted by Crippen LogP contribution is -2.31. The molecule has 5 aromatic rings. The summed E-state index contributed by atoms with van der Waals surface area (Å²) >= 11 is 0. The summed E-state index contributed by atoms with van der Waals surface area (Å²) in [7, 11) is 0. The van der Waals surface area contributed by atoms with Crippen molar-refractivity contribution in [2.45, 2.75) is 19.3 Å². The van der Waals surface area contributed by atoms with Gasteiger partial charge in [0.05, 0.1) is 5.41 Å². The molecule has 0 aliphatic rings. The first-order valence-corrected chi connectivity index (χ1v) is 10.9. The fourth-order valence-electron chi connectivity index (χ4n) is 4.92. The molecule has 0 bridgehead atoms. The van der Waals surface area contributed by atoms with Crippen molar-refractivity contribution < 1.29 is 0 Å². The van der Waals surface area contributed by atoms with E-state index in [9.17, 15) is 0 Å². The number of benzene rings is 5. The van der Waals surface area contributed by atoms with Crippen LogP contribution in [0.4, 0.5) is 0 Å². The Morgan fingerprint density at radius 1 is 0.419 bits per heavy atom. The fourth-order valence-corrected chi connectivity index (χ4v) is 4.92. The van der Waals surface area contributed by atoms with E-state index in [1.54, 1.807) is 0 Å². The molecule has 0 heteroatoms. The highest BCUT2D eigenvalue weighted by atomic mass is 14.4. The zero-order valence-corrected chi connectivity index (χ0v) is 18.0. The topological polar surface area (TPSA) is 0 Å². The van der Waals surface area contributed by atoms with Gasteiger partial charge in [0.25, 0.3) is 0 Å². The Morgan fingerprint density at radius 3 is 1.48 bits per heavy atom. The van der Waals surface area contributed by atoms with Crippen LogP contribution in [0.3, 0.4) is 0 Å². The monoisotopic (exact) mass is 398 g/mol. The minimum absolute atomic E-state index is 0.413. The van der Waals surface area contributed by atoms with Crippen molar-refractivity contribution in [1.82, 2.24) is 0 Å². The molecule has 0 aliphatic heterocycles. The summed E-state index contributed by atoms with van der Waals surface area (Å²) in [6, 6.07) is 44.3. The van der Waals surface area contributed by atoms with Crippen molar-refractivity contribution in [2.75, 3.05) is 0 Å². The van der Waals surface area contributed by atoms with Gasteiger partial charge < -0.3 is 0 Å². The summed E-state index contributed by atoms with van der Waals surface area (Å²) in [5, 5.41) is 2.61. The van der Waals surface area contributed by atoms with Crippen LogP contribution in [0.5, 0.6) is 0 Å². The average Bonchev–Trinajstić information content (AvgIpc) is 2.83. The van der Waals surface area contributed by atoms with Crippen molar-refractivity contribution in [1.29, 1.82) is 0 Å². The highest BCUT2D eigenvalue weighted by Gasteiger charge is 2.39. The lowest BCUT2D eigenvalue weighted by Gasteiger charge is -2.38. The van der Waals surface area contributed by atoms with Crippen LogP contribution in [0.15, 0.2) is 121 Å². The molecule has 5 aromatic carbocycles. The Morgan fingerprint density at radius 2 is 0.903 bits per heavy atom. The maximum absolute atomic E-state index is 2.33. The van der Waals surface area contributed by atoms with Gasteiger partial charge in [-0.3, -0.25) is 0 Å². The highest BCUT2D eigenvalue weighted by molar-refractivity contribution is 5.91. The summed E-state index contributed by atoms with van der Waals surface area (Å²) in [6.07, 6.45) is 0. The molecule has 0 nitrogen and oxygen atoms in total. The van der Waals surface area contributed by atoms with Gasteiger partial charge in [-0.15, -0.1) is 0 Å². The van der Waals surface area contributed by atoms with Gasteiger partial charge >= 0.3 is 0 Å². The van der Waals surface area contributed by atoms with E-state index in [-0.39, 0.29) is 0 Å². The molecule has 0 radical (unpaired) electrons. The van der Waals surface area contributed by atoms with E-state index in [0.29, 0.717) is 0 Å². The van der Waals surface area contributed by atoms with Gasteiger partial charge in [-0.2, -0.15) is 0 Å². The van der Waals surface area contributed by atoms with Gasteiger partial charge in [0, 0.05) is 0 Å². The van der Waals surface area contributed by atoms with Crippen LogP contribution < -0.4 is 0 Å². The third-order valence-electron chi connectivity index (χ3n) is 6.44. The normalized spacial score (nSPS) is 11.5. The smallest absolute Gasteiger partial charge is 0.0622 e. The number of hydrogen-bond acceptors (Lipinski definition) is 0. The number of hydrogen-bond donors (Lipinski definition) is 0. The minimum atomic E-state index is -0.413. The van der Waals surface area contributed by atoms with E-state index in [2.05, 4.69) is 135 Å². The van der Waals surface area contributed by atoms with E-state index in [1.807, 2.05) is 0 Å². The molecule has 0 amide bonds. The van der Waals surface area contributed by atoms with E-state index in [0.717, 1.165) is 0 Å². The van der Waals surface area contributed by atoms with Crippen molar-refractivity contribution >= 4 is 10.8 Å². The van der Waals surface area contributed by atoms with Crippen LogP contribution in [0.1, 0.15) is 33.4 Å². The van der Waals surface area contributed by atoms with Crippen LogP contribution in [-0.4, -0.2) is 0 Å². The van der Waals surface area contributed by atoms with Crippen molar-refractivity contribution in [2.24, 2.45) is 0 Å². The van der Waals surface area contributed by atoms with Gasteiger partial charge in [0.15, 0.2) is 0 Å². The SMILES string of the molecule is Cc1ccc(C(c2ccccc2)(c2ccccc2)c2ccc(C)c3ccccc23)cc1. The lowest BCUT2D eigenvalue weighted by atomic mass is 9.64. The largest absolute Gasteiger partial charge is 0.0707 e. The van der Waals surface area contributed by atoms with Crippen LogP contribution >= 0.6 is 0 Å². The van der Waals surface area contributed by atoms with Crippen LogP contribution in [-0.2, 0) is 5.41 Å². The molecule has 0 atom stereocenters. The first-order valence-electron chi connectivity index (χ1n) is 10.9. The quantitative estimate of drug-likeness (QED) is 0.270. The van der Waals surface area contributed by atoms with Crippen LogP contribution in [0.2, 0.25) is 0 Å². The third kappa shape index (κ3) is 3.16. The summed E-state index contributed by atoms with van der Waals surface area (Å²) in [6.45, 7) is 4.35. The third-order valence-corrected chi connectivity index (χ3v) is 6.44. The Bertz CT molecular complexity index is 1270. The van der Waals surface area contributed by atoms with Gasteiger partial charge in [-0.1, -0.05) is 127 Å². The predicted octanol–water partition coefficient (Wildman–Crippen LogP) is 7.84. The Labute approximate surface area is 184 Å². The van der Waals surface area contributed by atoms with Crippen molar-refractivity contribution in [3.63, 3.8) is 0 Å². The van der Waals surface area contributed by atoms with Gasteiger partial charge in [0.1, 0.15) is 0 Å². The molecular formula is C31H26. The number of aryl methyl sites for hydroxylation is 2. The van der Waals surface area contributed by atoms with Crippen molar-refractivity contribution in [3.8, 4) is 0 Å². The second-order valence-corrected chi connectivity index (χ2v) is 8.32. The molecule has 31 heavy (non-hydrogen) atoms. The molecule has 0 unspecified atom stereocenters. The Hall–Kier alpha value is -3.64. The minimum Gasteiger partial charge on any atom is -0.0622 e. The fraction of sp³-hybridized carbons (Fsp3) is 0.0968. The van der Waals surface area contributed by atoms with Crippen LogP contribution in [0.25, 0.3) is 10.8 Å². The lowest BCUT2D eigenvalue weighted by molar-refractivity contribution is 0.752. The maximum atomic E-state index is 2.33. The molecule has 0 fully saturated rings. The molecule has 0 saturated heterocycles. The van der Waals surface area contributed by atoms with E-state index in [1.165, 1.54) is 44.2 Å². The molecule has 0 aliphatic carbocycles. The maximum Gasteiger partial charge on any atom is 0.0707 e. The average molecular weight is 399 g/mol. The first-order chi connectivity index (χ1) is 15.2. The predicted molar refractivity (Wildman–Crippen MR) is 132 cm³/mol. The molecule has 0 N–H and O–H groups in total. The number of rotatable bonds is 4. The van der Waals surface area contributed by atoms with Crippen LogP contribution in [0, 0.1) is 13.8 Å². The summed E-state index contributed by atoms with van der Waals surface area (Å²) in [5.41, 5.74) is 7.31. The van der Waals surface area contributed by atoms with Gasteiger partial charge in [-0.25, -0.2) is 0 Å². The van der Waals surface area contributed by atoms with Gasteiger partial charge in [-0.05, 0) is 52.4 Å². The van der Waals surface area contributed by atoms with E-state index in [4.69, 9.17) is 0 Å². The molecule has 0 spiro atoms. The molecule has 0 heterocycles. The summed E-state index contributed by atoms with van der Waals surface area (Å²) < 4.78 is 0. The van der Waals surface area contributed by atoms with E-state index >= 15 is 0 Å². The molecule has 0 saturated carbocycles. The summed E-state index contributed by atoms with van der Waals surface area (Å²) in [5.74, 6) is 0. The zero-order valence-electron chi connectivity index (χ0n) is 18.0. The molecular weight excluding hydrogens is 372 g/mol. The first kappa shape index (κ1) is 19.3.